The van der Waals surface area contributed by atoms with E-state index >= 15 is 0 Å². The number of nitrogen functional groups attached to an aromatic ring is 1. The van der Waals surface area contributed by atoms with E-state index in [1.165, 1.54) is 6.33 Å². The Morgan fingerprint density at radius 1 is 1.24 bits per heavy atom. The zero-order valence-electron chi connectivity index (χ0n) is 19.3. The van der Waals surface area contributed by atoms with Crippen molar-refractivity contribution in [2.45, 2.75) is 26.8 Å². The van der Waals surface area contributed by atoms with Gasteiger partial charge in [-0.25, -0.2) is 14.6 Å². The van der Waals surface area contributed by atoms with Crippen LogP contribution in [0.15, 0.2) is 37.3 Å². The number of hydrogen-bond acceptors (Lipinski definition) is 7. The number of rotatable bonds is 6. The molecule has 0 spiro atoms. The Hall–Kier alpha value is -3.65. The molecule has 9 heteroatoms. The van der Waals surface area contributed by atoms with Crippen LogP contribution in [0.25, 0.3) is 27.9 Å². The minimum atomic E-state index is -0.240. The van der Waals surface area contributed by atoms with Crippen molar-refractivity contribution >= 4 is 34.1 Å². The number of nitrogens with two attached hydrogens (primary N) is 1. The van der Waals surface area contributed by atoms with Gasteiger partial charge in [0.2, 0.25) is 0 Å². The maximum atomic E-state index is 6.73. The molecule has 1 aromatic carbocycles. The molecule has 170 valence electrons. The molecule has 3 aromatic heterocycles. The minimum absolute atomic E-state index is 0.240. The third-order valence-corrected chi connectivity index (χ3v) is 6.27. The van der Waals surface area contributed by atoms with Gasteiger partial charge < -0.3 is 15.8 Å². The van der Waals surface area contributed by atoms with Crippen LogP contribution in [0.3, 0.4) is 0 Å². The lowest BCUT2D eigenvalue weighted by Crippen LogP contribution is -2.12. The van der Waals surface area contributed by atoms with Gasteiger partial charge in [0.05, 0.1) is 35.6 Å². The second kappa shape index (κ2) is 8.71. The summed E-state index contributed by atoms with van der Waals surface area (Å²) in [5, 5.41) is 9.12. The van der Waals surface area contributed by atoms with Crippen molar-refractivity contribution in [2.75, 3.05) is 19.9 Å². The lowest BCUT2D eigenvalue weighted by atomic mass is 9.93. The molecule has 0 radical (unpaired) electrons. The van der Waals surface area contributed by atoms with Crippen molar-refractivity contribution in [1.82, 2.24) is 30.0 Å². The zero-order chi connectivity index (χ0) is 23.9. The predicted molar refractivity (Wildman–Crippen MR) is 132 cm³/mol. The highest BCUT2D eigenvalue weighted by molar-refractivity contribution is 6.32. The highest BCUT2D eigenvalue weighted by atomic mass is 35.5. The quantitative estimate of drug-likeness (QED) is 0.432. The number of aromatic nitrogens is 5. The molecule has 1 unspecified atom stereocenters. The molecular weight excluding hydrogens is 438 g/mol. The molecule has 3 N–H and O–H groups in total. The number of halogens is 1. The lowest BCUT2D eigenvalue weighted by Gasteiger charge is -2.22. The van der Waals surface area contributed by atoms with Gasteiger partial charge in [0, 0.05) is 29.4 Å². The maximum Gasteiger partial charge on any atom is 0.164 e. The van der Waals surface area contributed by atoms with Gasteiger partial charge in [-0.2, -0.15) is 5.10 Å². The number of aryl methyl sites for hydroxylation is 1. The minimum Gasteiger partial charge on any atom is -0.496 e. The van der Waals surface area contributed by atoms with Gasteiger partial charge in [0.15, 0.2) is 5.65 Å². The molecule has 0 saturated heterocycles. The van der Waals surface area contributed by atoms with Gasteiger partial charge in [-0.05, 0) is 50.1 Å². The van der Waals surface area contributed by atoms with Gasteiger partial charge in [0.25, 0.3) is 0 Å². The molecule has 0 bridgehead atoms. The third kappa shape index (κ3) is 3.76. The normalized spacial score (nSPS) is 12.1. The average Bonchev–Trinajstić information content (AvgIpc) is 3.17. The summed E-state index contributed by atoms with van der Waals surface area (Å²) in [7, 11) is 3.47. The third-order valence-electron chi connectivity index (χ3n) is 5.88. The molecule has 8 nitrogen and oxygen atoms in total. The highest BCUT2D eigenvalue weighted by Gasteiger charge is 2.25. The molecule has 0 aliphatic heterocycles. The summed E-state index contributed by atoms with van der Waals surface area (Å²) in [5.74, 6) is 1.11. The second-order valence-electron chi connectivity index (χ2n) is 7.80. The van der Waals surface area contributed by atoms with Crippen LogP contribution in [0.5, 0.6) is 5.75 Å². The first kappa shape index (κ1) is 22.5. The van der Waals surface area contributed by atoms with E-state index in [-0.39, 0.29) is 6.04 Å². The number of nitrogens with zero attached hydrogens (tertiary/aromatic N) is 5. The van der Waals surface area contributed by atoms with Crippen LogP contribution in [0, 0.1) is 13.8 Å². The second-order valence-corrected chi connectivity index (χ2v) is 8.21. The average molecular weight is 464 g/mol. The van der Waals surface area contributed by atoms with Gasteiger partial charge in [-0.1, -0.05) is 18.2 Å². The van der Waals surface area contributed by atoms with E-state index in [2.05, 4.69) is 26.8 Å². The summed E-state index contributed by atoms with van der Waals surface area (Å²) in [4.78, 5) is 13.0. The number of nitrogens with one attached hydrogen (secondary N) is 1. The number of hydrogen-bond donors (Lipinski definition) is 2. The number of ether oxygens (including phenoxy) is 1. The molecule has 0 aliphatic carbocycles. The smallest absolute Gasteiger partial charge is 0.164 e. The first-order chi connectivity index (χ1) is 15.8. The number of anilines is 1. The molecule has 4 aromatic rings. The maximum absolute atomic E-state index is 6.73. The van der Waals surface area contributed by atoms with Gasteiger partial charge in [0.1, 0.15) is 17.9 Å². The summed E-state index contributed by atoms with van der Waals surface area (Å²) in [6.07, 6.45) is 3.19. The van der Waals surface area contributed by atoms with Crippen molar-refractivity contribution in [3.8, 4) is 16.9 Å². The molecule has 0 aliphatic rings. The molecule has 0 fully saturated rings. The Labute approximate surface area is 197 Å². The molecule has 0 amide bonds. The summed E-state index contributed by atoms with van der Waals surface area (Å²) < 4.78 is 7.79. The number of fused-ring (bicyclic) bond motifs is 1. The standard InChI is InChI=1S/C24H26ClN7O/c1-12-18(25)10-17(15(4)32-24-21(14(3)31-32)23(26)29-11-30-24)22(33-6)20(12)16-7-8-28-19(9-16)13(2)27-5/h7-11,15,27H,2H2,1,3-6H3,(H2,26,29,30). The largest absolute Gasteiger partial charge is 0.496 e. The number of methoxy groups -OCH3 is 1. The summed E-state index contributed by atoms with van der Waals surface area (Å²) in [5.41, 5.74) is 12.6. The van der Waals surface area contributed by atoms with Crippen LogP contribution >= 0.6 is 11.6 Å². The molecule has 0 saturated carbocycles. The van der Waals surface area contributed by atoms with E-state index in [4.69, 9.17) is 27.2 Å². The Morgan fingerprint density at radius 3 is 2.70 bits per heavy atom. The Kier molecular flexibility index (Phi) is 5.95. The molecule has 33 heavy (non-hydrogen) atoms. The zero-order valence-corrected chi connectivity index (χ0v) is 20.0. The Bertz CT molecular complexity index is 1380. The van der Waals surface area contributed by atoms with E-state index in [1.807, 2.05) is 50.7 Å². The predicted octanol–water partition coefficient (Wildman–Crippen LogP) is 4.55. The van der Waals surface area contributed by atoms with Crippen molar-refractivity contribution in [2.24, 2.45) is 0 Å². The van der Waals surface area contributed by atoms with Gasteiger partial charge >= 0.3 is 0 Å². The van der Waals surface area contributed by atoms with E-state index in [1.54, 1.807) is 13.3 Å². The van der Waals surface area contributed by atoms with Crippen molar-refractivity contribution < 1.29 is 4.74 Å². The van der Waals surface area contributed by atoms with E-state index < -0.39 is 0 Å². The highest BCUT2D eigenvalue weighted by Crippen LogP contribution is 2.43. The van der Waals surface area contributed by atoms with Gasteiger partial charge in [-0.3, -0.25) is 4.98 Å². The topological polar surface area (TPSA) is 104 Å². The van der Waals surface area contributed by atoms with Crippen molar-refractivity contribution in [3.05, 3.63) is 64.8 Å². The first-order valence-electron chi connectivity index (χ1n) is 10.4. The molecule has 1 atom stereocenters. The molecular formula is C24H26ClN7O. The Balaban J connectivity index is 1.94. The fourth-order valence-electron chi connectivity index (χ4n) is 4.07. The van der Waals surface area contributed by atoms with E-state index in [9.17, 15) is 0 Å². The van der Waals surface area contributed by atoms with Crippen LogP contribution in [0.4, 0.5) is 5.82 Å². The Morgan fingerprint density at radius 2 is 2.00 bits per heavy atom. The van der Waals surface area contributed by atoms with Crippen LogP contribution in [0.1, 0.15) is 35.5 Å². The number of pyridine rings is 1. The fourth-order valence-corrected chi connectivity index (χ4v) is 4.28. The van der Waals surface area contributed by atoms with Crippen molar-refractivity contribution in [3.63, 3.8) is 0 Å². The summed E-state index contributed by atoms with van der Waals surface area (Å²) in [6.45, 7) is 9.91. The van der Waals surface area contributed by atoms with Gasteiger partial charge in [-0.15, -0.1) is 0 Å². The van der Waals surface area contributed by atoms with E-state index in [0.717, 1.165) is 44.7 Å². The van der Waals surface area contributed by atoms with Crippen LogP contribution in [-0.4, -0.2) is 38.9 Å². The number of benzene rings is 1. The molecule has 3 heterocycles. The molecule has 4 rings (SSSR count). The SMILES string of the molecule is C=C(NC)c1cc(-c2c(C)c(Cl)cc(C(C)n3nc(C)c4c(N)ncnc43)c2OC)ccn1. The first-order valence-corrected chi connectivity index (χ1v) is 10.8. The fraction of sp³-hybridized carbons (Fsp3) is 0.250. The van der Waals surface area contributed by atoms with Crippen LogP contribution < -0.4 is 15.8 Å². The van der Waals surface area contributed by atoms with Crippen LogP contribution in [0.2, 0.25) is 5.02 Å². The van der Waals surface area contributed by atoms with E-state index in [0.29, 0.717) is 22.2 Å². The summed E-state index contributed by atoms with van der Waals surface area (Å²) >= 11 is 6.73. The van der Waals surface area contributed by atoms with Crippen molar-refractivity contribution in [1.29, 1.82) is 0 Å². The lowest BCUT2D eigenvalue weighted by molar-refractivity contribution is 0.402. The monoisotopic (exact) mass is 463 g/mol. The van der Waals surface area contributed by atoms with Crippen LogP contribution in [-0.2, 0) is 0 Å². The summed E-state index contributed by atoms with van der Waals surface area (Å²) in [6, 6.07) is 5.58.